The molecule has 5 nitrogen and oxygen atoms in total. The minimum atomic E-state index is -4.39. The van der Waals surface area contributed by atoms with Gasteiger partial charge >= 0.3 is 6.18 Å². The molecule has 39 heavy (non-hydrogen) atoms. The molecule has 4 rings (SSSR count). The second-order valence-corrected chi connectivity index (χ2v) is 10.00. The molecule has 1 fully saturated rings. The number of aryl methyl sites for hydroxylation is 1. The largest absolute Gasteiger partial charge is 0.416 e. The van der Waals surface area contributed by atoms with Gasteiger partial charge in [-0.2, -0.15) is 13.2 Å². The Morgan fingerprint density at radius 1 is 1.05 bits per heavy atom. The van der Waals surface area contributed by atoms with E-state index in [1.807, 2.05) is 48.2 Å². The van der Waals surface area contributed by atoms with Crippen molar-refractivity contribution in [2.45, 2.75) is 51.9 Å². The van der Waals surface area contributed by atoms with Crippen LogP contribution in [0.4, 0.5) is 24.5 Å². The highest BCUT2D eigenvalue weighted by Gasteiger charge is 2.30. The Morgan fingerprint density at radius 3 is 2.36 bits per heavy atom. The van der Waals surface area contributed by atoms with Crippen molar-refractivity contribution in [3.05, 3.63) is 95.3 Å². The van der Waals surface area contributed by atoms with Gasteiger partial charge < -0.3 is 15.1 Å². The summed E-state index contributed by atoms with van der Waals surface area (Å²) >= 11 is 0. The number of aromatic nitrogens is 1. The summed E-state index contributed by atoms with van der Waals surface area (Å²) < 4.78 is 38.7. The molecule has 2 heterocycles. The van der Waals surface area contributed by atoms with E-state index in [1.54, 1.807) is 12.3 Å². The molecule has 0 aliphatic carbocycles. The van der Waals surface area contributed by atoms with Gasteiger partial charge in [-0.25, -0.2) is 0 Å². The van der Waals surface area contributed by atoms with E-state index in [9.17, 15) is 18.0 Å². The molecule has 2 aromatic carbocycles. The van der Waals surface area contributed by atoms with Gasteiger partial charge in [-0.05, 0) is 86.3 Å². The number of amides is 1. The number of carbonyl (C=O) groups is 1. The fourth-order valence-corrected chi connectivity index (χ4v) is 4.88. The van der Waals surface area contributed by atoms with Crippen LogP contribution in [-0.4, -0.2) is 46.4 Å². The van der Waals surface area contributed by atoms with Crippen molar-refractivity contribution < 1.29 is 18.0 Å². The maximum absolute atomic E-state index is 13.4. The topological polar surface area (TPSA) is 48.5 Å². The lowest BCUT2D eigenvalue weighted by Gasteiger charge is -2.38. The molecule has 8 heteroatoms. The maximum Gasteiger partial charge on any atom is 0.416 e. The number of pyridine rings is 1. The third kappa shape index (κ3) is 8.17. The zero-order chi connectivity index (χ0) is 27.8. The number of nitrogens with one attached hydrogen (secondary N) is 1. The molecular weight excluding hydrogens is 501 g/mol. The molecule has 0 unspecified atom stereocenters. The number of piperidine rings is 1. The summed E-state index contributed by atoms with van der Waals surface area (Å²) in [5.74, 6) is -0.140. The molecule has 0 saturated carbocycles. The number of hydrogen-bond donors (Lipinski definition) is 1. The summed E-state index contributed by atoms with van der Waals surface area (Å²) in [6.45, 7) is 7.52. The number of nitrogens with zero attached hydrogens (tertiary/aromatic N) is 3. The molecule has 1 aromatic heterocycles. The van der Waals surface area contributed by atoms with Gasteiger partial charge in [0, 0.05) is 55.0 Å². The van der Waals surface area contributed by atoms with Crippen molar-refractivity contribution in [1.82, 2.24) is 14.8 Å². The number of alkyl halides is 3. The Bertz CT molecular complexity index is 1250. The molecule has 1 amide bonds. The zero-order valence-electron chi connectivity index (χ0n) is 22.4. The number of carbonyl (C=O) groups excluding carboxylic acids is 1. The predicted octanol–water partition coefficient (Wildman–Crippen LogP) is 7.07. The Balaban J connectivity index is 1.47. The van der Waals surface area contributed by atoms with E-state index < -0.39 is 11.7 Å². The van der Waals surface area contributed by atoms with Gasteiger partial charge in [0.2, 0.25) is 5.91 Å². The first-order chi connectivity index (χ1) is 18.7. The SMILES string of the molecule is CCCN1CCC(N(Cc2ccc(Nc3ccnc(C)c3)cc2)C(=O)C=Cc2ccc(C(F)(F)F)cc2)CC1. The third-order valence-electron chi connectivity index (χ3n) is 6.97. The summed E-state index contributed by atoms with van der Waals surface area (Å²) in [7, 11) is 0. The standard InChI is InChI=1S/C31H35F3N4O/c1-3-18-37-19-15-29(16-20-37)38(30(39)13-8-24-4-9-26(10-5-24)31(32,33)34)22-25-6-11-27(12-7-25)36-28-14-17-35-23(2)21-28/h4-14,17,21,29H,3,15-16,18-20,22H2,1-2H3,(H,35,36). The molecule has 0 radical (unpaired) electrons. The Labute approximate surface area is 228 Å². The van der Waals surface area contributed by atoms with Crippen molar-refractivity contribution in [3.8, 4) is 0 Å². The quantitative estimate of drug-likeness (QED) is 0.297. The number of anilines is 2. The number of likely N-dealkylation sites (tertiary alicyclic amines) is 1. The summed E-state index contributed by atoms with van der Waals surface area (Å²) in [5, 5.41) is 3.37. The third-order valence-corrected chi connectivity index (χ3v) is 6.97. The summed E-state index contributed by atoms with van der Waals surface area (Å²) in [6, 6.07) is 16.9. The van der Waals surface area contributed by atoms with Crippen LogP contribution in [-0.2, 0) is 17.5 Å². The Kier molecular flexibility index (Phi) is 9.41. The minimum Gasteiger partial charge on any atom is -0.355 e. The average molecular weight is 537 g/mol. The zero-order valence-corrected chi connectivity index (χ0v) is 22.4. The van der Waals surface area contributed by atoms with Gasteiger partial charge in [0.1, 0.15) is 0 Å². The van der Waals surface area contributed by atoms with Crippen LogP contribution in [0, 0.1) is 6.92 Å². The number of hydrogen-bond acceptors (Lipinski definition) is 4. The number of benzene rings is 2. The highest BCUT2D eigenvalue weighted by Crippen LogP contribution is 2.29. The van der Waals surface area contributed by atoms with Crippen LogP contribution in [0.15, 0.2) is 72.9 Å². The lowest BCUT2D eigenvalue weighted by molar-refractivity contribution is -0.137. The fourth-order valence-electron chi connectivity index (χ4n) is 4.88. The lowest BCUT2D eigenvalue weighted by Crippen LogP contribution is -2.46. The fraction of sp³-hybridized carbons (Fsp3) is 0.355. The minimum absolute atomic E-state index is 0.0976. The van der Waals surface area contributed by atoms with Crippen LogP contribution in [0.1, 0.15) is 48.6 Å². The summed E-state index contributed by atoms with van der Waals surface area (Å²) in [6.07, 6.45) is 3.32. The van der Waals surface area contributed by atoms with Gasteiger partial charge in [0.15, 0.2) is 0 Å². The van der Waals surface area contributed by atoms with Crippen molar-refractivity contribution in [2.24, 2.45) is 0 Å². The molecule has 206 valence electrons. The molecule has 0 atom stereocenters. The van der Waals surface area contributed by atoms with E-state index in [0.29, 0.717) is 12.1 Å². The smallest absolute Gasteiger partial charge is 0.355 e. The van der Waals surface area contributed by atoms with Gasteiger partial charge in [-0.1, -0.05) is 31.2 Å². The molecule has 1 N–H and O–H groups in total. The van der Waals surface area contributed by atoms with Gasteiger partial charge in [0.05, 0.1) is 5.56 Å². The second kappa shape index (κ2) is 12.9. The normalized spacial score (nSPS) is 15.0. The maximum atomic E-state index is 13.4. The molecule has 0 spiro atoms. The summed E-state index contributed by atoms with van der Waals surface area (Å²) in [5.41, 5.74) is 3.69. The first-order valence-electron chi connectivity index (χ1n) is 13.4. The van der Waals surface area contributed by atoms with E-state index in [-0.39, 0.29) is 11.9 Å². The molecule has 1 aliphatic rings. The van der Waals surface area contributed by atoms with Crippen LogP contribution in [0.5, 0.6) is 0 Å². The van der Waals surface area contributed by atoms with Gasteiger partial charge in [-0.3, -0.25) is 9.78 Å². The Morgan fingerprint density at radius 2 is 1.74 bits per heavy atom. The average Bonchev–Trinajstić information content (AvgIpc) is 2.92. The van der Waals surface area contributed by atoms with Crippen molar-refractivity contribution in [3.63, 3.8) is 0 Å². The van der Waals surface area contributed by atoms with E-state index in [2.05, 4.69) is 22.1 Å². The molecule has 3 aromatic rings. The predicted molar refractivity (Wildman–Crippen MR) is 149 cm³/mol. The van der Waals surface area contributed by atoms with E-state index in [0.717, 1.165) is 73.7 Å². The van der Waals surface area contributed by atoms with E-state index in [1.165, 1.54) is 18.2 Å². The van der Waals surface area contributed by atoms with Gasteiger partial charge in [-0.15, -0.1) is 0 Å². The van der Waals surface area contributed by atoms with Crippen molar-refractivity contribution in [2.75, 3.05) is 25.0 Å². The highest BCUT2D eigenvalue weighted by atomic mass is 19.4. The van der Waals surface area contributed by atoms with Crippen molar-refractivity contribution >= 4 is 23.4 Å². The van der Waals surface area contributed by atoms with E-state index in [4.69, 9.17) is 0 Å². The van der Waals surface area contributed by atoms with E-state index >= 15 is 0 Å². The number of halogens is 3. The first-order valence-corrected chi connectivity index (χ1v) is 13.4. The second-order valence-electron chi connectivity index (χ2n) is 10.00. The first kappa shape index (κ1) is 28.4. The molecule has 0 bridgehead atoms. The number of rotatable bonds is 9. The van der Waals surface area contributed by atoms with Crippen LogP contribution < -0.4 is 5.32 Å². The summed E-state index contributed by atoms with van der Waals surface area (Å²) in [4.78, 5) is 22.0. The molecule has 1 saturated heterocycles. The van der Waals surface area contributed by atoms with Crippen LogP contribution in [0.2, 0.25) is 0 Å². The van der Waals surface area contributed by atoms with Crippen LogP contribution in [0.25, 0.3) is 6.08 Å². The van der Waals surface area contributed by atoms with Crippen LogP contribution >= 0.6 is 0 Å². The van der Waals surface area contributed by atoms with Crippen molar-refractivity contribution in [1.29, 1.82) is 0 Å². The monoisotopic (exact) mass is 536 g/mol. The highest BCUT2D eigenvalue weighted by molar-refractivity contribution is 5.92. The van der Waals surface area contributed by atoms with Gasteiger partial charge in [0.25, 0.3) is 0 Å². The lowest BCUT2D eigenvalue weighted by atomic mass is 10.0. The van der Waals surface area contributed by atoms with Crippen LogP contribution in [0.3, 0.4) is 0 Å². The Hall–Kier alpha value is -3.65. The molecule has 1 aliphatic heterocycles. The molecular formula is C31H35F3N4O.